The number of nitrogens with zero attached hydrogens (tertiary/aromatic N) is 2. The van der Waals surface area contributed by atoms with Crippen LogP contribution in [-0.2, 0) is 11.4 Å². The molecular weight excluding hydrogens is 422 g/mol. The van der Waals surface area contributed by atoms with Crippen molar-refractivity contribution in [2.45, 2.75) is 40.4 Å². The summed E-state index contributed by atoms with van der Waals surface area (Å²) in [4.78, 5) is 29.4. The predicted octanol–water partition coefficient (Wildman–Crippen LogP) is 4.20. The molecule has 1 atom stereocenters. The standard InChI is InChI=1S/C25H25N3O5/c1-15-6-5-7-20(10-15)32-18(4)25(30)27-21-11-16(2)8-9-22(21)31-14-19-13-24(29)28-23(26-19)12-17(3)33-28/h5-13,18H,14H2,1-4H3,(H,27,30). The average Bonchev–Trinajstić information content (AvgIpc) is 3.14. The van der Waals surface area contributed by atoms with Crippen LogP contribution in [0.2, 0.25) is 0 Å². The van der Waals surface area contributed by atoms with Crippen molar-refractivity contribution in [1.82, 2.24) is 9.56 Å². The minimum atomic E-state index is -0.714. The highest BCUT2D eigenvalue weighted by molar-refractivity contribution is 5.95. The molecule has 1 N–H and O–H groups in total. The van der Waals surface area contributed by atoms with E-state index in [0.29, 0.717) is 34.3 Å². The number of hydrogen-bond donors (Lipinski definition) is 1. The second kappa shape index (κ2) is 9.20. The maximum Gasteiger partial charge on any atom is 0.287 e. The van der Waals surface area contributed by atoms with Gasteiger partial charge in [-0.25, -0.2) is 4.98 Å². The molecule has 0 aliphatic heterocycles. The van der Waals surface area contributed by atoms with E-state index in [2.05, 4.69) is 10.3 Å². The van der Waals surface area contributed by atoms with Gasteiger partial charge < -0.3 is 19.3 Å². The summed E-state index contributed by atoms with van der Waals surface area (Å²) in [7, 11) is 0. The topological polar surface area (TPSA) is 95.1 Å². The van der Waals surface area contributed by atoms with Crippen LogP contribution in [0.15, 0.2) is 63.9 Å². The molecule has 0 aliphatic carbocycles. The van der Waals surface area contributed by atoms with Crippen molar-refractivity contribution < 1.29 is 18.8 Å². The highest BCUT2D eigenvalue weighted by Crippen LogP contribution is 2.27. The normalized spacial score (nSPS) is 11.9. The van der Waals surface area contributed by atoms with Crippen molar-refractivity contribution in [3.05, 3.63) is 87.5 Å². The molecule has 0 saturated heterocycles. The maximum absolute atomic E-state index is 12.8. The molecule has 1 amide bonds. The molecule has 0 saturated carbocycles. The van der Waals surface area contributed by atoms with Crippen molar-refractivity contribution in [3.63, 3.8) is 0 Å². The van der Waals surface area contributed by atoms with Gasteiger partial charge in [-0.1, -0.05) is 18.2 Å². The fourth-order valence-corrected chi connectivity index (χ4v) is 3.35. The molecule has 8 heteroatoms. The maximum atomic E-state index is 12.8. The zero-order chi connectivity index (χ0) is 23.5. The van der Waals surface area contributed by atoms with Gasteiger partial charge in [0.1, 0.15) is 23.9 Å². The van der Waals surface area contributed by atoms with Crippen LogP contribution in [0.3, 0.4) is 0 Å². The highest BCUT2D eigenvalue weighted by Gasteiger charge is 2.17. The molecule has 170 valence electrons. The summed E-state index contributed by atoms with van der Waals surface area (Å²) in [5.74, 6) is 1.37. The number of rotatable bonds is 7. The van der Waals surface area contributed by atoms with E-state index in [-0.39, 0.29) is 18.1 Å². The van der Waals surface area contributed by atoms with Crippen molar-refractivity contribution >= 4 is 17.2 Å². The number of aryl methyl sites for hydroxylation is 3. The summed E-state index contributed by atoms with van der Waals surface area (Å²) < 4.78 is 18.1. The van der Waals surface area contributed by atoms with E-state index in [1.165, 1.54) is 6.07 Å². The first kappa shape index (κ1) is 22.1. The summed E-state index contributed by atoms with van der Waals surface area (Å²) in [6.07, 6.45) is -0.714. The van der Waals surface area contributed by atoms with Crippen LogP contribution < -0.4 is 20.3 Å². The second-order valence-electron chi connectivity index (χ2n) is 7.94. The summed E-state index contributed by atoms with van der Waals surface area (Å²) >= 11 is 0. The van der Waals surface area contributed by atoms with Gasteiger partial charge in [-0.15, -0.1) is 4.57 Å². The zero-order valence-electron chi connectivity index (χ0n) is 18.9. The van der Waals surface area contributed by atoms with E-state index in [4.69, 9.17) is 14.0 Å². The molecule has 33 heavy (non-hydrogen) atoms. The number of benzene rings is 2. The molecular formula is C25H25N3O5. The number of anilines is 1. The molecule has 0 radical (unpaired) electrons. The van der Waals surface area contributed by atoms with E-state index in [0.717, 1.165) is 15.7 Å². The third kappa shape index (κ3) is 5.23. The number of nitrogens with one attached hydrogen (secondary N) is 1. The number of carbonyl (C=O) groups excluding carboxylic acids is 1. The Labute approximate surface area is 190 Å². The quantitative estimate of drug-likeness (QED) is 0.456. The van der Waals surface area contributed by atoms with Gasteiger partial charge in [-0.2, -0.15) is 0 Å². The van der Waals surface area contributed by atoms with Crippen LogP contribution in [-0.4, -0.2) is 21.6 Å². The number of amides is 1. The summed E-state index contributed by atoms with van der Waals surface area (Å²) in [6, 6.07) is 16.0. The van der Waals surface area contributed by atoms with E-state index in [9.17, 15) is 9.59 Å². The second-order valence-corrected chi connectivity index (χ2v) is 7.94. The lowest BCUT2D eigenvalue weighted by atomic mass is 10.2. The van der Waals surface area contributed by atoms with E-state index >= 15 is 0 Å². The Kier molecular flexibility index (Phi) is 6.17. The van der Waals surface area contributed by atoms with Crippen LogP contribution in [0.25, 0.3) is 5.65 Å². The first-order chi connectivity index (χ1) is 15.8. The van der Waals surface area contributed by atoms with Crippen LogP contribution in [0.1, 0.15) is 29.5 Å². The number of fused-ring (bicyclic) bond motifs is 1. The third-order valence-electron chi connectivity index (χ3n) is 4.96. The zero-order valence-corrected chi connectivity index (χ0v) is 18.9. The molecule has 2 heterocycles. The SMILES string of the molecule is Cc1cccc(OC(C)C(=O)Nc2cc(C)ccc2OCc2cc(=O)n3oc(C)cc3n2)c1. The Balaban J connectivity index is 1.48. The minimum Gasteiger partial charge on any atom is -0.485 e. The molecule has 1 unspecified atom stereocenters. The van der Waals surface area contributed by atoms with E-state index < -0.39 is 6.10 Å². The Hall–Kier alpha value is -4.07. The van der Waals surface area contributed by atoms with Gasteiger partial charge in [0.2, 0.25) is 0 Å². The molecule has 4 rings (SSSR count). The molecule has 0 fully saturated rings. The van der Waals surface area contributed by atoms with Gasteiger partial charge >= 0.3 is 0 Å². The number of aromatic nitrogens is 2. The van der Waals surface area contributed by atoms with Crippen molar-refractivity contribution in [1.29, 1.82) is 0 Å². The Morgan fingerprint density at radius 3 is 2.67 bits per heavy atom. The van der Waals surface area contributed by atoms with Crippen molar-refractivity contribution in [2.75, 3.05) is 5.32 Å². The van der Waals surface area contributed by atoms with Gasteiger partial charge in [0.15, 0.2) is 11.8 Å². The fraction of sp³-hybridized carbons (Fsp3) is 0.240. The first-order valence-corrected chi connectivity index (χ1v) is 10.6. The molecule has 0 aliphatic rings. The van der Waals surface area contributed by atoms with Gasteiger partial charge in [-0.05, 0) is 63.1 Å². The summed E-state index contributed by atoms with van der Waals surface area (Å²) in [5.41, 5.74) is 3.05. The Bertz CT molecular complexity index is 1370. The first-order valence-electron chi connectivity index (χ1n) is 10.6. The molecule has 4 aromatic rings. The lowest BCUT2D eigenvalue weighted by molar-refractivity contribution is -0.122. The molecule has 0 bridgehead atoms. The number of carbonyl (C=O) groups is 1. The number of ether oxygens (including phenoxy) is 2. The lowest BCUT2D eigenvalue weighted by Crippen LogP contribution is -2.30. The van der Waals surface area contributed by atoms with Gasteiger partial charge in [-0.3, -0.25) is 9.59 Å². The average molecular weight is 447 g/mol. The van der Waals surface area contributed by atoms with E-state index in [1.807, 2.05) is 50.2 Å². The van der Waals surface area contributed by atoms with Gasteiger partial charge in [0.05, 0.1) is 11.4 Å². The van der Waals surface area contributed by atoms with Crippen LogP contribution >= 0.6 is 0 Å². The minimum absolute atomic E-state index is 0.0528. The van der Waals surface area contributed by atoms with Crippen molar-refractivity contribution in [2.24, 2.45) is 0 Å². The predicted molar refractivity (Wildman–Crippen MR) is 124 cm³/mol. The molecule has 8 nitrogen and oxygen atoms in total. The summed E-state index contributed by atoms with van der Waals surface area (Å²) in [6.45, 7) is 7.37. The Morgan fingerprint density at radius 1 is 1.09 bits per heavy atom. The smallest absolute Gasteiger partial charge is 0.287 e. The lowest BCUT2D eigenvalue weighted by Gasteiger charge is -2.17. The molecule has 0 spiro atoms. The van der Waals surface area contributed by atoms with Gasteiger partial charge in [0.25, 0.3) is 11.5 Å². The van der Waals surface area contributed by atoms with Gasteiger partial charge in [0, 0.05) is 12.1 Å². The largest absolute Gasteiger partial charge is 0.485 e. The fourth-order valence-electron chi connectivity index (χ4n) is 3.35. The highest BCUT2D eigenvalue weighted by atomic mass is 16.5. The third-order valence-corrected chi connectivity index (χ3v) is 4.96. The monoisotopic (exact) mass is 447 g/mol. The molecule has 2 aromatic carbocycles. The summed E-state index contributed by atoms with van der Waals surface area (Å²) in [5, 5.41) is 2.88. The van der Waals surface area contributed by atoms with E-state index in [1.54, 1.807) is 26.0 Å². The van der Waals surface area contributed by atoms with Crippen molar-refractivity contribution in [3.8, 4) is 11.5 Å². The molecule has 2 aromatic heterocycles. The van der Waals surface area contributed by atoms with Crippen LogP contribution in [0.4, 0.5) is 5.69 Å². The van der Waals surface area contributed by atoms with Crippen LogP contribution in [0.5, 0.6) is 11.5 Å². The van der Waals surface area contributed by atoms with Crippen LogP contribution in [0, 0.1) is 20.8 Å². The number of hydrogen-bond acceptors (Lipinski definition) is 6. The Morgan fingerprint density at radius 2 is 1.88 bits per heavy atom.